The van der Waals surface area contributed by atoms with E-state index in [0.717, 1.165) is 23.1 Å². The molecule has 2 amide bonds. The highest BCUT2D eigenvalue weighted by Crippen LogP contribution is 2.35. The van der Waals surface area contributed by atoms with E-state index in [9.17, 15) is 9.59 Å². The summed E-state index contributed by atoms with van der Waals surface area (Å²) in [6.45, 7) is 3.07. The number of hydrogen-bond donors (Lipinski definition) is 0. The fourth-order valence-electron chi connectivity index (χ4n) is 3.85. The van der Waals surface area contributed by atoms with Gasteiger partial charge in [0.05, 0.1) is 15.6 Å². The maximum absolute atomic E-state index is 13.4. The molecule has 2 aromatic carbocycles. The number of benzene rings is 2. The fraction of sp³-hybridized carbons (Fsp3) is 0.318. The van der Waals surface area contributed by atoms with Gasteiger partial charge >= 0.3 is 0 Å². The molecule has 0 bridgehead atoms. The Morgan fingerprint density at radius 2 is 1.82 bits per heavy atom. The van der Waals surface area contributed by atoms with Crippen molar-refractivity contribution in [2.45, 2.75) is 19.8 Å². The van der Waals surface area contributed by atoms with Crippen molar-refractivity contribution in [3.63, 3.8) is 0 Å². The minimum Gasteiger partial charge on any atom is -0.338 e. The topological polar surface area (TPSA) is 53.5 Å². The minimum absolute atomic E-state index is 0.0112. The quantitative estimate of drug-likeness (QED) is 0.670. The maximum atomic E-state index is 13.4. The van der Waals surface area contributed by atoms with Crippen molar-refractivity contribution in [2.24, 2.45) is 5.41 Å². The van der Waals surface area contributed by atoms with Crippen LogP contribution in [0.5, 0.6) is 0 Å². The van der Waals surface area contributed by atoms with Crippen molar-refractivity contribution in [3.05, 3.63) is 60.2 Å². The zero-order chi connectivity index (χ0) is 19.7. The smallest absolute Gasteiger partial charge is 0.253 e. The summed E-state index contributed by atoms with van der Waals surface area (Å²) in [5.41, 5.74) is 0.950. The van der Waals surface area contributed by atoms with Gasteiger partial charge in [0, 0.05) is 25.7 Å². The van der Waals surface area contributed by atoms with Crippen molar-refractivity contribution in [3.8, 4) is 0 Å². The average molecular weight is 394 g/mol. The molecule has 5 nitrogen and oxygen atoms in total. The van der Waals surface area contributed by atoms with Gasteiger partial charge in [-0.1, -0.05) is 41.7 Å². The zero-order valence-corrected chi connectivity index (χ0v) is 16.9. The molecule has 2 heterocycles. The number of likely N-dealkylation sites (tertiary alicyclic amines) is 1. The van der Waals surface area contributed by atoms with Gasteiger partial charge in [-0.25, -0.2) is 4.98 Å². The molecule has 1 unspecified atom stereocenters. The standard InChI is InChI=1S/C22H23N3O2S/c1-22(13-8-14-25(15-22)19(26)16-9-4-3-5-10-16)20(27)24(2)21-23-17-11-6-7-12-18(17)28-21/h3-7,9-12H,8,13-15H2,1-2H3. The third-order valence-electron chi connectivity index (χ3n) is 5.39. The second kappa shape index (κ2) is 7.36. The van der Waals surface area contributed by atoms with Crippen molar-refractivity contribution in [1.29, 1.82) is 0 Å². The predicted molar refractivity (Wildman–Crippen MR) is 113 cm³/mol. The summed E-state index contributed by atoms with van der Waals surface area (Å²) in [5.74, 6) is -0.000849. The molecule has 0 saturated carbocycles. The summed E-state index contributed by atoms with van der Waals surface area (Å²) >= 11 is 1.51. The van der Waals surface area contributed by atoms with Crippen LogP contribution in [0.25, 0.3) is 10.2 Å². The number of aromatic nitrogens is 1. The Hall–Kier alpha value is -2.73. The van der Waals surface area contributed by atoms with E-state index in [1.807, 2.05) is 66.4 Å². The number of fused-ring (bicyclic) bond motifs is 1. The number of carbonyl (C=O) groups is 2. The van der Waals surface area contributed by atoms with Gasteiger partial charge in [-0.3, -0.25) is 14.5 Å². The molecule has 1 atom stereocenters. The molecule has 1 aromatic heterocycles. The Balaban J connectivity index is 1.54. The number of hydrogen-bond acceptors (Lipinski definition) is 4. The van der Waals surface area contributed by atoms with Crippen LogP contribution in [-0.2, 0) is 4.79 Å². The number of carbonyl (C=O) groups excluding carboxylic acids is 2. The van der Waals surface area contributed by atoms with E-state index in [1.165, 1.54) is 11.3 Å². The number of nitrogens with zero attached hydrogens (tertiary/aromatic N) is 3. The fourth-order valence-corrected chi connectivity index (χ4v) is 4.77. The number of piperidine rings is 1. The second-order valence-corrected chi connectivity index (χ2v) is 8.59. The summed E-state index contributed by atoms with van der Waals surface area (Å²) in [6, 6.07) is 17.2. The predicted octanol–water partition coefficient (Wildman–Crippen LogP) is 4.20. The Labute approximate surface area is 168 Å². The Morgan fingerprint density at radius 3 is 2.57 bits per heavy atom. The molecule has 1 aliphatic heterocycles. The van der Waals surface area contributed by atoms with E-state index < -0.39 is 5.41 Å². The largest absolute Gasteiger partial charge is 0.338 e. The maximum Gasteiger partial charge on any atom is 0.253 e. The zero-order valence-electron chi connectivity index (χ0n) is 16.1. The Morgan fingerprint density at radius 1 is 1.11 bits per heavy atom. The third-order valence-corrected chi connectivity index (χ3v) is 6.51. The van der Waals surface area contributed by atoms with Gasteiger partial charge in [-0.15, -0.1) is 0 Å². The van der Waals surface area contributed by atoms with Gasteiger partial charge in [0.25, 0.3) is 5.91 Å². The highest BCUT2D eigenvalue weighted by Gasteiger charge is 2.41. The first-order chi connectivity index (χ1) is 13.5. The lowest BCUT2D eigenvalue weighted by Gasteiger charge is -2.40. The van der Waals surface area contributed by atoms with E-state index in [0.29, 0.717) is 23.8 Å². The molecule has 1 fully saturated rings. The summed E-state index contributed by atoms with van der Waals surface area (Å²) in [6.07, 6.45) is 1.58. The molecule has 0 aliphatic carbocycles. The van der Waals surface area contributed by atoms with Crippen LogP contribution in [0, 0.1) is 5.41 Å². The lowest BCUT2D eigenvalue weighted by atomic mass is 9.80. The molecular formula is C22H23N3O2S. The molecule has 4 rings (SSSR count). The Kier molecular flexibility index (Phi) is 4.89. The molecule has 3 aromatic rings. The van der Waals surface area contributed by atoms with Crippen LogP contribution in [0.2, 0.25) is 0 Å². The molecule has 1 saturated heterocycles. The molecule has 1 aliphatic rings. The summed E-state index contributed by atoms with van der Waals surface area (Å²) in [4.78, 5) is 34.3. The lowest BCUT2D eigenvalue weighted by Crippen LogP contribution is -2.52. The molecule has 6 heteroatoms. The molecule has 28 heavy (non-hydrogen) atoms. The summed E-state index contributed by atoms with van der Waals surface area (Å²) in [7, 11) is 1.78. The van der Waals surface area contributed by atoms with Gasteiger partial charge in [-0.2, -0.15) is 0 Å². The van der Waals surface area contributed by atoms with Crippen molar-refractivity contribution in [2.75, 3.05) is 25.0 Å². The second-order valence-electron chi connectivity index (χ2n) is 7.59. The van der Waals surface area contributed by atoms with Gasteiger partial charge in [0.2, 0.25) is 5.91 Å². The molecule has 0 radical (unpaired) electrons. The van der Waals surface area contributed by atoms with Crippen LogP contribution in [0.15, 0.2) is 54.6 Å². The number of amides is 2. The van der Waals surface area contributed by atoms with Crippen LogP contribution >= 0.6 is 11.3 Å². The van der Waals surface area contributed by atoms with Crippen LogP contribution in [0.4, 0.5) is 5.13 Å². The van der Waals surface area contributed by atoms with Crippen molar-refractivity contribution in [1.82, 2.24) is 9.88 Å². The molecular weight excluding hydrogens is 370 g/mol. The first-order valence-corrected chi connectivity index (χ1v) is 10.3. The summed E-state index contributed by atoms with van der Waals surface area (Å²) in [5, 5.41) is 0.693. The van der Waals surface area contributed by atoms with Crippen LogP contribution in [-0.4, -0.2) is 41.8 Å². The molecule has 0 N–H and O–H groups in total. The SMILES string of the molecule is CN(C(=O)C1(C)CCCN(C(=O)c2ccccc2)C1)c1nc2ccccc2s1. The number of anilines is 1. The van der Waals surface area contributed by atoms with E-state index in [2.05, 4.69) is 4.98 Å². The Bertz CT molecular complexity index is 984. The normalized spacial score (nSPS) is 19.6. The highest BCUT2D eigenvalue weighted by atomic mass is 32.1. The van der Waals surface area contributed by atoms with E-state index in [4.69, 9.17) is 0 Å². The number of thiazole rings is 1. The van der Waals surface area contributed by atoms with Crippen molar-refractivity contribution >= 4 is 38.5 Å². The first kappa shape index (κ1) is 18.6. The van der Waals surface area contributed by atoms with Crippen LogP contribution in [0.3, 0.4) is 0 Å². The molecule has 0 spiro atoms. The molecule has 144 valence electrons. The number of para-hydroxylation sites is 1. The van der Waals surface area contributed by atoms with Crippen molar-refractivity contribution < 1.29 is 9.59 Å². The van der Waals surface area contributed by atoms with Crippen LogP contribution in [0.1, 0.15) is 30.1 Å². The third kappa shape index (κ3) is 3.40. The van der Waals surface area contributed by atoms with Crippen LogP contribution < -0.4 is 4.90 Å². The van der Waals surface area contributed by atoms with E-state index >= 15 is 0 Å². The van der Waals surface area contributed by atoms with Gasteiger partial charge in [0.15, 0.2) is 5.13 Å². The minimum atomic E-state index is -0.616. The number of rotatable bonds is 3. The van der Waals surface area contributed by atoms with E-state index in [-0.39, 0.29) is 11.8 Å². The highest BCUT2D eigenvalue weighted by molar-refractivity contribution is 7.22. The average Bonchev–Trinajstić information content (AvgIpc) is 3.17. The first-order valence-electron chi connectivity index (χ1n) is 9.46. The van der Waals surface area contributed by atoms with Gasteiger partial charge in [0.1, 0.15) is 0 Å². The summed E-state index contributed by atoms with van der Waals surface area (Å²) < 4.78 is 1.06. The van der Waals surface area contributed by atoms with Gasteiger partial charge < -0.3 is 4.90 Å². The van der Waals surface area contributed by atoms with Gasteiger partial charge in [-0.05, 0) is 44.0 Å². The monoisotopic (exact) mass is 393 g/mol. The lowest BCUT2D eigenvalue weighted by molar-refractivity contribution is -0.129. The van der Waals surface area contributed by atoms with E-state index in [1.54, 1.807) is 11.9 Å².